The average molecular weight is 302 g/mol. The topological polar surface area (TPSA) is 0 Å². The van der Waals surface area contributed by atoms with Crippen molar-refractivity contribution in [1.82, 2.24) is 0 Å². The Morgan fingerprint density at radius 1 is 0.696 bits per heavy atom. The van der Waals surface area contributed by atoms with Crippen LogP contribution in [0.1, 0.15) is 43.4 Å². The Balaban J connectivity index is 1.97. The Morgan fingerprint density at radius 3 is 1.96 bits per heavy atom. The molecule has 0 aliphatic heterocycles. The van der Waals surface area contributed by atoms with E-state index >= 15 is 0 Å². The lowest BCUT2D eigenvalue weighted by Crippen LogP contribution is -2.07. The third kappa shape index (κ3) is 3.64. The Labute approximate surface area is 140 Å². The van der Waals surface area contributed by atoms with Crippen LogP contribution in [0.5, 0.6) is 0 Å². The van der Waals surface area contributed by atoms with Gasteiger partial charge in [-0.05, 0) is 52.1 Å². The highest BCUT2D eigenvalue weighted by Gasteiger charge is 2.15. The molecule has 0 saturated carbocycles. The van der Waals surface area contributed by atoms with Crippen molar-refractivity contribution < 1.29 is 0 Å². The van der Waals surface area contributed by atoms with E-state index < -0.39 is 0 Å². The van der Waals surface area contributed by atoms with Crippen molar-refractivity contribution in [2.45, 2.75) is 39.5 Å². The number of benzene rings is 3. The van der Waals surface area contributed by atoms with Crippen molar-refractivity contribution in [1.29, 1.82) is 0 Å². The van der Waals surface area contributed by atoms with E-state index in [-0.39, 0.29) is 0 Å². The van der Waals surface area contributed by atoms with Crippen LogP contribution in [-0.2, 0) is 12.8 Å². The Morgan fingerprint density at radius 2 is 1.30 bits per heavy atom. The van der Waals surface area contributed by atoms with Gasteiger partial charge in [-0.2, -0.15) is 0 Å². The van der Waals surface area contributed by atoms with E-state index in [2.05, 4.69) is 87.5 Å². The van der Waals surface area contributed by atoms with E-state index in [1.165, 1.54) is 27.5 Å². The quantitative estimate of drug-likeness (QED) is 0.512. The zero-order valence-corrected chi connectivity index (χ0v) is 14.4. The van der Waals surface area contributed by atoms with Crippen molar-refractivity contribution in [2.24, 2.45) is 5.92 Å². The van der Waals surface area contributed by atoms with Crippen LogP contribution in [-0.4, -0.2) is 0 Å². The summed E-state index contributed by atoms with van der Waals surface area (Å²) in [7, 11) is 0. The van der Waals surface area contributed by atoms with Gasteiger partial charge < -0.3 is 0 Å². The van der Waals surface area contributed by atoms with E-state index in [1.807, 2.05) is 0 Å². The van der Waals surface area contributed by atoms with Gasteiger partial charge in [0.2, 0.25) is 0 Å². The van der Waals surface area contributed by atoms with Gasteiger partial charge in [0, 0.05) is 0 Å². The van der Waals surface area contributed by atoms with Crippen LogP contribution in [0.4, 0.5) is 0 Å². The lowest BCUT2D eigenvalue weighted by atomic mass is 9.84. The Hall–Kier alpha value is -2.08. The summed E-state index contributed by atoms with van der Waals surface area (Å²) < 4.78 is 0. The minimum absolute atomic E-state index is 0.588. The minimum Gasteiger partial charge on any atom is -0.0622 e. The van der Waals surface area contributed by atoms with E-state index in [0.717, 1.165) is 12.8 Å². The molecule has 0 spiro atoms. The van der Waals surface area contributed by atoms with E-state index in [0.29, 0.717) is 11.8 Å². The first kappa shape index (κ1) is 15.8. The van der Waals surface area contributed by atoms with Crippen molar-refractivity contribution in [2.75, 3.05) is 0 Å². The summed E-state index contributed by atoms with van der Waals surface area (Å²) in [6.45, 7) is 7.00. The van der Waals surface area contributed by atoms with E-state index in [1.54, 1.807) is 0 Å². The number of rotatable bonds is 5. The van der Waals surface area contributed by atoms with Crippen LogP contribution in [0.25, 0.3) is 10.8 Å². The third-order valence-electron chi connectivity index (χ3n) is 5.02. The molecule has 0 nitrogen and oxygen atoms in total. The molecule has 0 aliphatic rings. The largest absolute Gasteiger partial charge is 0.0622 e. The summed E-state index contributed by atoms with van der Waals surface area (Å²) in [5.41, 5.74) is 4.45. The smallest absolute Gasteiger partial charge is 0.0164 e. The van der Waals surface area contributed by atoms with Gasteiger partial charge in [-0.3, -0.25) is 0 Å². The van der Waals surface area contributed by atoms with Crippen molar-refractivity contribution >= 4 is 10.8 Å². The van der Waals surface area contributed by atoms with Gasteiger partial charge in [0.25, 0.3) is 0 Å². The first-order valence-electron chi connectivity index (χ1n) is 8.70. The fraction of sp³-hybridized carbons (Fsp3) is 0.304. The molecule has 3 aromatic rings. The fourth-order valence-corrected chi connectivity index (χ4v) is 3.23. The predicted molar refractivity (Wildman–Crippen MR) is 101 cm³/mol. The fourth-order valence-electron chi connectivity index (χ4n) is 3.23. The SMILES string of the molecule is CC(C)C(C)c1cc2ccccc2cc1CCc1ccccc1. The van der Waals surface area contributed by atoms with Crippen LogP contribution < -0.4 is 0 Å². The minimum atomic E-state index is 0.588. The van der Waals surface area contributed by atoms with Gasteiger partial charge in [0.05, 0.1) is 0 Å². The van der Waals surface area contributed by atoms with Gasteiger partial charge in [-0.25, -0.2) is 0 Å². The van der Waals surface area contributed by atoms with Crippen LogP contribution in [0.3, 0.4) is 0 Å². The maximum absolute atomic E-state index is 2.42. The highest BCUT2D eigenvalue weighted by atomic mass is 14.2. The second-order valence-corrected chi connectivity index (χ2v) is 6.92. The molecule has 0 aromatic heterocycles. The molecule has 0 bridgehead atoms. The number of fused-ring (bicyclic) bond motifs is 1. The van der Waals surface area contributed by atoms with Crippen LogP contribution in [0.15, 0.2) is 66.7 Å². The number of aryl methyl sites for hydroxylation is 2. The first-order valence-corrected chi connectivity index (χ1v) is 8.70. The molecule has 23 heavy (non-hydrogen) atoms. The van der Waals surface area contributed by atoms with Crippen LogP contribution >= 0.6 is 0 Å². The normalized spacial score (nSPS) is 12.7. The monoisotopic (exact) mass is 302 g/mol. The summed E-state index contributed by atoms with van der Waals surface area (Å²) in [5.74, 6) is 1.25. The zero-order valence-electron chi connectivity index (χ0n) is 14.4. The highest BCUT2D eigenvalue weighted by Crippen LogP contribution is 2.31. The van der Waals surface area contributed by atoms with Gasteiger partial charge in [0.1, 0.15) is 0 Å². The average Bonchev–Trinajstić information content (AvgIpc) is 2.59. The second kappa shape index (κ2) is 7.00. The zero-order chi connectivity index (χ0) is 16.2. The predicted octanol–water partition coefficient (Wildman–Crippen LogP) is 6.38. The molecule has 1 unspecified atom stereocenters. The lowest BCUT2D eigenvalue weighted by Gasteiger charge is -2.21. The third-order valence-corrected chi connectivity index (χ3v) is 5.02. The number of hydrogen-bond donors (Lipinski definition) is 0. The van der Waals surface area contributed by atoms with Crippen LogP contribution in [0, 0.1) is 5.92 Å². The van der Waals surface area contributed by atoms with Gasteiger partial charge >= 0.3 is 0 Å². The molecule has 0 heteroatoms. The molecule has 0 fully saturated rings. The first-order chi connectivity index (χ1) is 11.1. The highest BCUT2D eigenvalue weighted by molar-refractivity contribution is 5.84. The van der Waals surface area contributed by atoms with Crippen LogP contribution in [0.2, 0.25) is 0 Å². The summed E-state index contributed by atoms with van der Waals surface area (Å²) in [6.07, 6.45) is 2.22. The summed E-state index contributed by atoms with van der Waals surface area (Å²) in [5, 5.41) is 2.72. The molecule has 3 rings (SSSR count). The van der Waals surface area contributed by atoms with Gasteiger partial charge in [0.15, 0.2) is 0 Å². The molecule has 0 saturated heterocycles. The molecule has 118 valence electrons. The molecule has 0 heterocycles. The Kier molecular flexibility index (Phi) is 4.81. The lowest BCUT2D eigenvalue weighted by molar-refractivity contribution is 0.531. The molecule has 0 amide bonds. The van der Waals surface area contributed by atoms with Crippen molar-refractivity contribution in [3.05, 3.63) is 83.4 Å². The Bertz CT molecular complexity index is 768. The molecule has 0 aliphatic carbocycles. The summed E-state index contributed by atoms with van der Waals surface area (Å²) in [4.78, 5) is 0. The second-order valence-electron chi connectivity index (χ2n) is 6.92. The molecule has 1 atom stereocenters. The van der Waals surface area contributed by atoms with Gasteiger partial charge in [-0.1, -0.05) is 87.5 Å². The maximum atomic E-state index is 2.42. The number of hydrogen-bond acceptors (Lipinski definition) is 0. The molecular formula is C23H26. The molecule has 3 aromatic carbocycles. The maximum Gasteiger partial charge on any atom is -0.0164 e. The summed E-state index contributed by atoms with van der Waals surface area (Å²) >= 11 is 0. The van der Waals surface area contributed by atoms with Crippen molar-refractivity contribution in [3.63, 3.8) is 0 Å². The summed E-state index contributed by atoms with van der Waals surface area (Å²) in [6, 6.07) is 24.4. The van der Waals surface area contributed by atoms with E-state index in [9.17, 15) is 0 Å². The van der Waals surface area contributed by atoms with Crippen molar-refractivity contribution in [3.8, 4) is 0 Å². The molecule has 0 N–H and O–H groups in total. The molecule has 0 radical (unpaired) electrons. The standard InChI is InChI=1S/C23H26/c1-17(2)18(3)23-16-21-12-8-7-11-20(21)15-22(23)14-13-19-9-5-4-6-10-19/h4-12,15-18H,13-14H2,1-3H3. The van der Waals surface area contributed by atoms with E-state index in [4.69, 9.17) is 0 Å². The molecular weight excluding hydrogens is 276 g/mol. The van der Waals surface area contributed by atoms with Gasteiger partial charge in [-0.15, -0.1) is 0 Å².